The number of nitrogens with two attached hydrogens (primary N) is 1. The highest BCUT2D eigenvalue weighted by Gasteiger charge is 2.34. The molecule has 1 aliphatic rings. The third kappa shape index (κ3) is 7.73. The summed E-state index contributed by atoms with van der Waals surface area (Å²) in [6.45, 7) is 1.36. The Hall–Kier alpha value is -4.17. The van der Waals surface area contributed by atoms with Crippen LogP contribution in [0.15, 0.2) is 84.9 Å². The Labute approximate surface area is 242 Å². The van der Waals surface area contributed by atoms with Crippen molar-refractivity contribution in [1.82, 2.24) is 10.2 Å². The molecule has 1 saturated carbocycles. The number of hydrogen-bond acceptors (Lipinski definition) is 4. The van der Waals surface area contributed by atoms with E-state index in [-0.39, 0.29) is 23.8 Å². The number of rotatable bonds is 11. The van der Waals surface area contributed by atoms with Gasteiger partial charge in [-0.25, -0.2) is 4.79 Å². The molecule has 8 heteroatoms. The Kier molecular flexibility index (Phi) is 10.5. The normalized spacial score (nSPS) is 17.3. The molecule has 3 aromatic rings. The number of anilines is 1. The first kappa shape index (κ1) is 29.8. The molecule has 41 heavy (non-hydrogen) atoms. The van der Waals surface area contributed by atoms with E-state index in [0.29, 0.717) is 25.3 Å². The topological polar surface area (TPSA) is 105 Å². The minimum Gasteiger partial charge on any atom is -0.383 e. The van der Waals surface area contributed by atoms with Gasteiger partial charge in [-0.3, -0.25) is 14.5 Å². The van der Waals surface area contributed by atoms with E-state index >= 15 is 0 Å². The number of para-hydroxylation sites is 1. The van der Waals surface area contributed by atoms with Crippen molar-refractivity contribution in [3.05, 3.63) is 102 Å². The van der Waals surface area contributed by atoms with Crippen LogP contribution in [0, 0.1) is 5.92 Å². The van der Waals surface area contributed by atoms with E-state index in [1.54, 1.807) is 36.1 Å². The molecule has 0 heterocycles. The van der Waals surface area contributed by atoms with E-state index in [1.807, 2.05) is 60.7 Å². The van der Waals surface area contributed by atoms with Crippen molar-refractivity contribution in [1.29, 1.82) is 0 Å². The lowest BCUT2D eigenvalue weighted by atomic mass is 9.74. The number of nitrogens with zero attached hydrogens (tertiary/aromatic N) is 2. The maximum Gasteiger partial charge on any atom is 0.324 e. The molecule has 0 aliphatic heterocycles. The minimum absolute atomic E-state index is 0.0362. The number of methoxy groups -OCH3 is 1. The number of likely N-dealkylation sites (N-methyl/N-ethyl adjacent to an activating group) is 1. The van der Waals surface area contributed by atoms with E-state index in [9.17, 15) is 14.4 Å². The van der Waals surface area contributed by atoms with Crippen LogP contribution in [0.3, 0.4) is 0 Å². The van der Waals surface area contributed by atoms with Gasteiger partial charge in [0.1, 0.15) is 6.04 Å². The quantitative estimate of drug-likeness (QED) is 0.346. The molecule has 1 aliphatic carbocycles. The molecular weight excluding hydrogens is 516 g/mol. The second-order valence-corrected chi connectivity index (χ2v) is 10.6. The highest BCUT2D eigenvalue weighted by atomic mass is 16.5. The van der Waals surface area contributed by atoms with Crippen molar-refractivity contribution in [2.24, 2.45) is 11.7 Å². The standard InChI is InChI=1S/C33H40N4O4/c1-36(21-22-41-2)33(40)37(27-13-7-4-8-14-27)23-24-17-19-25(20-18-24)28-15-9-10-16-29(28)32(39)35-30(31(34)38)26-11-5-3-6-12-26/h3-8,11-14,17-20,28-30H,9-10,15-16,21-23H2,1-2H3,(H2,34,38)(H,35,39)/t28-,29+,30-/m0/s1. The summed E-state index contributed by atoms with van der Waals surface area (Å²) in [5.74, 6) is -0.941. The van der Waals surface area contributed by atoms with E-state index in [1.165, 1.54) is 0 Å². The van der Waals surface area contributed by atoms with Crippen molar-refractivity contribution >= 4 is 23.5 Å². The molecule has 0 bridgehead atoms. The van der Waals surface area contributed by atoms with E-state index in [2.05, 4.69) is 17.4 Å². The third-order valence-electron chi connectivity index (χ3n) is 7.81. The number of urea groups is 1. The number of nitrogens with one attached hydrogen (secondary N) is 1. The summed E-state index contributed by atoms with van der Waals surface area (Å²) in [7, 11) is 3.39. The first-order valence-corrected chi connectivity index (χ1v) is 14.2. The van der Waals surface area contributed by atoms with Crippen molar-refractivity contribution in [2.45, 2.75) is 44.2 Å². The van der Waals surface area contributed by atoms with E-state index < -0.39 is 11.9 Å². The molecule has 3 atom stereocenters. The Morgan fingerprint density at radius 1 is 0.927 bits per heavy atom. The molecule has 0 spiro atoms. The molecule has 4 amide bonds. The molecule has 3 aromatic carbocycles. The van der Waals surface area contributed by atoms with Crippen LogP contribution in [-0.4, -0.2) is 50.1 Å². The van der Waals surface area contributed by atoms with Crippen LogP contribution in [0.25, 0.3) is 0 Å². The number of carbonyl (C=O) groups excluding carboxylic acids is 3. The zero-order valence-corrected chi connectivity index (χ0v) is 23.9. The summed E-state index contributed by atoms with van der Waals surface area (Å²) in [4.78, 5) is 42.4. The zero-order valence-electron chi connectivity index (χ0n) is 23.9. The van der Waals surface area contributed by atoms with Gasteiger partial charge in [0.15, 0.2) is 0 Å². The second kappa shape index (κ2) is 14.5. The first-order chi connectivity index (χ1) is 19.9. The summed E-state index contributed by atoms with van der Waals surface area (Å²) in [5, 5.41) is 2.92. The Bertz CT molecular complexity index is 1280. The van der Waals surface area contributed by atoms with Crippen LogP contribution in [-0.2, 0) is 20.9 Å². The Morgan fingerprint density at radius 3 is 2.20 bits per heavy atom. The van der Waals surface area contributed by atoms with Gasteiger partial charge in [0.25, 0.3) is 0 Å². The van der Waals surface area contributed by atoms with Crippen molar-refractivity contribution < 1.29 is 19.1 Å². The fourth-order valence-corrected chi connectivity index (χ4v) is 5.52. The second-order valence-electron chi connectivity index (χ2n) is 10.6. The van der Waals surface area contributed by atoms with Gasteiger partial charge in [-0.05, 0) is 47.6 Å². The lowest BCUT2D eigenvalue weighted by molar-refractivity contribution is -0.131. The van der Waals surface area contributed by atoms with Gasteiger partial charge in [0.05, 0.1) is 13.2 Å². The number of hydrogen-bond donors (Lipinski definition) is 2. The smallest absolute Gasteiger partial charge is 0.324 e. The number of primary amides is 1. The monoisotopic (exact) mass is 556 g/mol. The summed E-state index contributed by atoms with van der Waals surface area (Å²) >= 11 is 0. The number of amides is 4. The number of benzene rings is 3. The predicted molar refractivity (Wildman–Crippen MR) is 160 cm³/mol. The van der Waals surface area contributed by atoms with Crippen LogP contribution in [0.5, 0.6) is 0 Å². The summed E-state index contributed by atoms with van der Waals surface area (Å²) in [6, 6.07) is 26.0. The third-order valence-corrected chi connectivity index (χ3v) is 7.81. The molecule has 3 N–H and O–H groups in total. The largest absolute Gasteiger partial charge is 0.383 e. The highest BCUT2D eigenvalue weighted by molar-refractivity contribution is 5.92. The van der Waals surface area contributed by atoms with Crippen LogP contribution in [0.4, 0.5) is 10.5 Å². The van der Waals surface area contributed by atoms with Gasteiger partial charge in [-0.1, -0.05) is 85.6 Å². The van der Waals surface area contributed by atoms with Gasteiger partial charge in [0.2, 0.25) is 11.8 Å². The molecule has 0 radical (unpaired) electrons. The fraction of sp³-hybridized carbons (Fsp3) is 0.364. The number of ether oxygens (including phenoxy) is 1. The van der Waals surface area contributed by atoms with Gasteiger partial charge < -0.3 is 20.7 Å². The van der Waals surface area contributed by atoms with Crippen LogP contribution in [0.2, 0.25) is 0 Å². The maximum absolute atomic E-state index is 13.5. The summed E-state index contributed by atoms with van der Waals surface area (Å²) in [6.07, 6.45) is 3.65. The molecular formula is C33H40N4O4. The molecule has 0 saturated heterocycles. The average molecular weight is 557 g/mol. The van der Waals surface area contributed by atoms with Crippen molar-refractivity contribution in [3.8, 4) is 0 Å². The Morgan fingerprint density at radius 2 is 1.56 bits per heavy atom. The van der Waals surface area contributed by atoms with Crippen molar-refractivity contribution in [2.75, 3.05) is 32.2 Å². The molecule has 0 aromatic heterocycles. The summed E-state index contributed by atoms with van der Waals surface area (Å²) < 4.78 is 5.15. The van der Waals surface area contributed by atoms with Gasteiger partial charge in [-0.2, -0.15) is 0 Å². The highest BCUT2D eigenvalue weighted by Crippen LogP contribution is 2.38. The van der Waals surface area contributed by atoms with Crippen LogP contribution in [0.1, 0.15) is 54.3 Å². The molecule has 1 fully saturated rings. The van der Waals surface area contributed by atoms with Crippen molar-refractivity contribution in [3.63, 3.8) is 0 Å². The molecule has 0 unspecified atom stereocenters. The molecule has 4 rings (SSSR count). The van der Waals surface area contributed by atoms with E-state index in [4.69, 9.17) is 10.5 Å². The zero-order chi connectivity index (χ0) is 29.2. The van der Waals surface area contributed by atoms with E-state index in [0.717, 1.165) is 42.5 Å². The summed E-state index contributed by atoms with van der Waals surface area (Å²) in [5.41, 5.74) is 9.23. The van der Waals surface area contributed by atoms with Crippen LogP contribution < -0.4 is 16.0 Å². The SMILES string of the molecule is COCCN(C)C(=O)N(Cc1ccc([C@@H]2CCCC[C@H]2C(=O)N[C@H](C(N)=O)c2ccccc2)cc1)c1ccccc1. The van der Waals surface area contributed by atoms with Gasteiger partial charge in [0, 0.05) is 32.3 Å². The Balaban J connectivity index is 1.50. The average Bonchev–Trinajstić information content (AvgIpc) is 3.01. The fourth-order valence-electron chi connectivity index (χ4n) is 5.52. The predicted octanol–water partition coefficient (Wildman–Crippen LogP) is 5.01. The van der Waals surface area contributed by atoms with Crippen LogP contribution >= 0.6 is 0 Å². The lowest BCUT2D eigenvalue weighted by Gasteiger charge is -2.32. The lowest BCUT2D eigenvalue weighted by Crippen LogP contribution is -2.42. The van der Waals surface area contributed by atoms with Gasteiger partial charge in [-0.15, -0.1) is 0 Å². The molecule has 216 valence electrons. The minimum atomic E-state index is -0.864. The molecule has 8 nitrogen and oxygen atoms in total. The first-order valence-electron chi connectivity index (χ1n) is 14.2. The number of carbonyl (C=O) groups is 3. The maximum atomic E-state index is 13.5. The van der Waals surface area contributed by atoms with Gasteiger partial charge >= 0.3 is 6.03 Å².